The third-order valence-corrected chi connectivity index (χ3v) is 2.56. The minimum atomic E-state index is 0.0489. The average Bonchev–Trinajstić information content (AvgIpc) is 2.64. The maximum atomic E-state index is 11.4. The molecule has 0 bridgehead atoms. The first kappa shape index (κ1) is 13.7. The molecule has 96 valence electrons. The van der Waals surface area contributed by atoms with Crippen LogP contribution in [0.5, 0.6) is 0 Å². The predicted octanol–water partition coefficient (Wildman–Crippen LogP) is 0.672. The van der Waals surface area contributed by atoms with Crippen molar-refractivity contribution >= 4 is 5.91 Å². The number of nitrogens with one attached hydrogen (secondary N) is 2. The maximum absolute atomic E-state index is 11.4. The molecule has 0 saturated carbocycles. The Balaban J connectivity index is 2.10. The summed E-state index contributed by atoms with van der Waals surface area (Å²) in [6.07, 6.45) is 2.77. The van der Waals surface area contributed by atoms with Crippen molar-refractivity contribution in [1.29, 1.82) is 0 Å². The van der Waals surface area contributed by atoms with Gasteiger partial charge in [0.25, 0.3) is 0 Å². The number of hydrogen-bond acceptors (Lipinski definition) is 3. The fourth-order valence-electron chi connectivity index (χ4n) is 1.44. The standard InChI is InChI=1S/C12H22N4O/c1-10(2)4-6-14-12(17)9-13-8-11-5-7-15-16(11)3/h5,7,10,13H,4,6,8-9H2,1-3H3,(H,14,17). The largest absolute Gasteiger partial charge is 0.355 e. The van der Waals surface area contributed by atoms with Crippen LogP contribution < -0.4 is 10.6 Å². The highest BCUT2D eigenvalue weighted by molar-refractivity contribution is 5.77. The Morgan fingerprint density at radius 2 is 2.29 bits per heavy atom. The first-order chi connectivity index (χ1) is 8.09. The van der Waals surface area contributed by atoms with Gasteiger partial charge in [-0.2, -0.15) is 5.10 Å². The van der Waals surface area contributed by atoms with Crippen LogP contribution in [-0.2, 0) is 18.4 Å². The van der Waals surface area contributed by atoms with Crippen LogP contribution in [0, 0.1) is 5.92 Å². The first-order valence-electron chi connectivity index (χ1n) is 6.04. The third-order valence-electron chi connectivity index (χ3n) is 2.56. The summed E-state index contributed by atoms with van der Waals surface area (Å²) in [5.41, 5.74) is 1.07. The van der Waals surface area contributed by atoms with Gasteiger partial charge >= 0.3 is 0 Å². The van der Waals surface area contributed by atoms with Gasteiger partial charge in [-0.15, -0.1) is 0 Å². The van der Waals surface area contributed by atoms with Gasteiger partial charge in [-0.1, -0.05) is 13.8 Å². The second kappa shape index (κ2) is 7.06. The van der Waals surface area contributed by atoms with E-state index < -0.39 is 0 Å². The number of carbonyl (C=O) groups is 1. The second-order valence-electron chi connectivity index (χ2n) is 4.58. The summed E-state index contributed by atoms with van der Waals surface area (Å²) < 4.78 is 1.80. The summed E-state index contributed by atoms with van der Waals surface area (Å²) in [6.45, 7) is 6.06. The molecule has 1 heterocycles. The monoisotopic (exact) mass is 238 g/mol. The number of aryl methyl sites for hydroxylation is 1. The molecular weight excluding hydrogens is 216 g/mol. The van der Waals surface area contributed by atoms with Gasteiger partial charge in [-0.3, -0.25) is 9.48 Å². The SMILES string of the molecule is CC(C)CCNC(=O)CNCc1ccnn1C. The van der Waals surface area contributed by atoms with Gasteiger partial charge in [0.2, 0.25) is 5.91 Å². The molecule has 0 aliphatic carbocycles. The van der Waals surface area contributed by atoms with E-state index in [0.29, 0.717) is 19.0 Å². The number of aromatic nitrogens is 2. The molecule has 2 N–H and O–H groups in total. The molecule has 0 spiro atoms. The van der Waals surface area contributed by atoms with E-state index in [1.807, 2.05) is 13.1 Å². The van der Waals surface area contributed by atoms with Gasteiger partial charge in [0.1, 0.15) is 0 Å². The molecule has 17 heavy (non-hydrogen) atoms. The van der Waals surface area contributed by atoms with Crippen molar-refractivity contribution in [3.8, 4) is 0 Å². The van der Waals surface area contributed by atoms with Crippen LogP contribution in [-0.4, -0.2) is 28.8 Å². The number of rotatable bonds is 7. The first-order valence-corrected chi connectivity index (χ1v) is 6.04. The van der Waals surface area contributed by atoms with E-state index in [1.54, 1.807) is 10.9 Å². The van der Waals surface area contributed by atoms with Crippen molar-refractivity contribution in [3.63, 3.8) is 0 Å². The molecule has 1 amide bonds. The Hall–Kier alpha value is -1.36. The summed E-state index contributed by atoms with van der Waals surface area (Å²) >= 11 is 0. The molecule has 0 atom stereocenters. The molecule has 1 rings (SSSR count). The van der Waals surface area contributed by atoms with Gasteiger partial charge in [-0.25, -0.2) is 0 Å². The van der Waals surface area contributed by atoms with Crippen LogP contribution in [0.1, 0.15) is 26.0 Å². The van der Waals surface area contributed by atoms with Crippen LogP contribution in [0.4, 0.5) is 0 Å². The summed E-state index contributed by atoms with van der Waals surface area (Å²) in [6, 6.07) is 1.93. The fourth-order valence-corrected chi connectivity index (χ4v) is 1.44. The van der Waals surface area contributed by atoms with Crippen LogP contribution in [0.3, 0.4) is 0 Å². The van der Waals surface area contributed by atoms with Crippen molar-refractivity contribution in [2.45, 2.75) is 26.8 Å². The van der Waals surface area contributed by atoms with Crippen molar-refractivity contribution in [2.24, 2.45) is 13.0 Å². The number of carbonyl (C=O) groups excluding carboxylic acids is 1. The highest BCUT2D eigenvalue weighted by atomic mass is 16.1. The van der Waals surface area contributed by atoms with Gasteiger partial charge in [-0.05, 0) is 18.4 Å². The van der Waals surface area contributed by atoms with Gasteiger partial charge in [0.15, 0.2) is 0 Å². The normalized spacial score (nSPS) is 10.8. The Kier molecular flexibility index (Phi) is 5.69. The van der Waals surface area contributed by atoms with E-state index in [4.69, 9.17) is 0 Å². The summed E-state index contributed by atoms with van der Waals surface area (Å²) in [5, 5.41) is 10.0. The topological polar surface area (TPSA) is 59.0 Å². The molecule has 0 unspecified atom stereocenters. The zero-order valence-electron chi connectivity index (χ0n) is 10.9. The summed E-state index contributed by atoms with van der Waals surface area (Å²) in [4.78, 5) is 11.4. The molecule has 0 aliphatic rings. The van der Waals surface area contributed by atoms with E-state index in [1.165, 1.54) is 0 Å². The lowest BCUT2D eigenvalue weighted by atomic mass is 10.1. The highest BCUT2D eigenvalue weighted by Gasteiger charge is 2.02. The van der Waals surface area contributed by atoms with Crippen molar-refractivity contribution < 1.29 is 4.79 Å². The van der Waals surface area contributed by atoms with Gasteiger partial charge < -0.3 is 10.6 Å². The molecule has 0 radical (unpaired) electrons. The Morgan fingerprint density at radius 1 is 1.53 bits per heavy atom. The van der Waals surface area contributed by atoms with Gasteiger partial charge in [0, 0.05) is 26.3 Å². The minimum Gasteiger partial charge on any atom is -0.355 e. The van der Waals surface area contributed by atoms with E-state index in [0.717, 1.165) is 18.7 Å². The summed E-state index contributed by atoms with van der Waals surface area (Å²) in [5.74, 6) is 0.672. The fraction of sp³-hybridized carbons (Fsp3) is 0.667. The van der Waals surface area contributed by atoms with Crippen LogP contribution >= 0.6 is 0 Å². The summed E-state index contributed by atoms with van der Waals surface area (Å²) in [7, 11) is 1.89. The quantitative estimate of drug-likeness (QED) is 0.734. The lowest BCUT2D eigenvalue weighted by Crippen LogP contribution is -2.34. The molecule has 0 saturated heterocycles. The van der Waals surface area contributed by atoms with Crippen LogP contribution in [0.2, 0.25) is 0 Å². The number of amides is 1. The number of hydrogen-bond donors (Lipinski definition) is 2. The van der Waals surface area contributed by atoms with Crippen LogP contribution in [0.15, 0.2) is 12.3 Å². The molecule has 5 nitrogen and oxygen atoms in total. The minimum absolute atomic E-state index is 0.0489. The maximum Gasteiger partial charge on any atom is 0.233 e. The third kappa shape index (κ3) is 5.49. The molecule has 1 aromatic rings. The van der Waals surface area contributed by atoms with E-state index in [9.17, 15) is 4.79 Å². The van der Waals surface area contributed by atoms with E-state index >= 15 is 0 Å². The van der Waals surface area contributed by atoms with Crippen molar-refractivity contribution in [2.75, 3.05) is 13.1 Å². The van der Waals surface area contributed by atoms with Crippen molar-refractivity contribution in [1.82, 2.24) is 20.4 Å². The molecule has 0 aliphatic heterocycles. The van der Waals surface area contributed by atoms with Crippen LogP contribution in [0.25, 0.3) is 0 Å². The lowest BCUT2D eigenvalue weighted by molar-refractivity contribution is -0.120. The predicted molar refractivity (Wildman–Crippen MR) is 67.4 cm³/mol. The van der Waals surface area contributed by atoms with Gasteiger partial charge in [0.05, 0.1) is 12.2 Å². The second-order valence-corrected chi connectivity index (χ2v) is 4.58. The lowest BCUT2D eigenvalue weighted by Gasteiger charge is -2.08. The van der Waals surface area contributed by atoms with E-state index in [2.05, 4.69) is 29.6 Å². The molecular formula is C12H22N4O. The Morgan fingerprint density at radius 3 is 2.88 bits per heavy atom. The zero-order valence-corrected chi connectivity index (χ0v) is 10.9. The smallest absolute Gasteiger partial charge is 0.233 e. The molecule has 0 aromatic carbocycles. The zero-order chi connectivity index (χ0) is 12.7. The Labute approximate surface area is 103 Å². The molecule has 0 fully saturated rings. The molecule has 1 aromatic heterocycles. The van der Waals surface area contributed by atoms with Crippen molar-refractivity contribution in [3.05, 3.63) is 18.0 Å². The highest BCUT2D eigenvalue weighted by Crippen LogP contribution is 1.96. The Bertz CT molecular complexity index is 346. The average molecular weight is 238 g/mol. The molecule has 5 heteroatoms. The number of nitrogens with zero attached hydrogens (tertiary/aromatic N) is 2. The van der Waals surface area contributed by atoms with E-state index in [-0.39, 0.29) is 5.91 Å².